The van der Waals surface area contributed by atoms with Gasteiger partial charge in [0.2, 0.25) is 5.91 Å². The molecule has 8 heteroatoms. The summed E-state index contributed by atoms with van der Waals surface area (Å²) in [4.78, 5) is 35.0. The fourth-order valence-corrected chi connectivity index (χ4v) is 6.14. The molecule has 39 heavy (non-hydrogen) atoms. The number of allylic oxidation sites excluding steroid dienone is 3. The van der Waals surface area contributed by atoms with E-state index in [9.17, 15) is 9.59 Å². The van der Waals surface area contributed by atoms with Crippen LogP contribution in [0.25, 0.3) is 0 Å². The lowest BCUT2D eigenvalue weighted by Crippen LogP contribution is -2.46. The molecule has 2 aliphatic heterocycles. The van der Waals surface area contributed by atoms with Gasteiger partial charge in [-0.05, 0) is 68.4 Å². The maximum absolute atomic E-state index is 13.9. The summed E-state index contributed by atoms with van der Waals surface area (Å²) in [6.07, 6.45) is 10.6. The molecule has 8 nitrogen and oxygen atoms in total. The molecule has 0 N–H and O–H groups in total. The lowest BCUT2D eigenvalue weighted by molar-refractivity contribution is -0.132. The van der Waals surface area contributed by atoms with E-state index in [4.69, 9.17) is 9.47 Å². The van der Waals surface area contributed by atoms with Gasteiger partial charge in [-0.1, -0.05) is 19.1 Å². The summed E-state index contributed by atoms with van der Waals surface area (Å²) in [6.45, 7) is 7.95. The third kappa shape index (κ3) is 5.38. The summed E-state index contributed by atoms with van der Waals surface area (Å²) in [7, 11) is 9.18. The molecule has 0 bridgehead atoms. The Morgan fingerprint density at radius 3 is 2.54 bits per heavy atom. The Bertz CT molecular complexity index is 1200. The second kappa shape index (κ2) is 11.4. The SMILES string of the molecule is CCN1C(=O)N2Cc3cc(OC)cc(OC)c3C[C@@H](C)/C=C\2C1(C)CCN(C)C(=O)C1C=C(N(C)C)C=CC1. The summed E-state index contributed by atoms with van der Waals surface area (Å²) in [5.41, 5.74) is 3.70. The predicted octanol–water partition coefficient (Wildman–Crippen LogP) is 4.67. The van der Waals surface area contributed by atoms with Crippen LogP contribution in [0.4, 0.5) is 4.79 Å². The molecule has 4 rings (SSSR count). The van der Waals surface area contributed by atoms with Gasteiger partial charge in [0.15, 0.2) is 0 Å². The summed E-state index contributed by atoms with van der Waals surface area (Å²) in [5.74, 6) is 1.64. The number of carbonyl (C=O) groups excluding carboxylic acids is 2. The van der Waals surface area contributed by atoms with Gasteiger partial charge in [0.05, 0.1) is 32.2 Å². The van der Waals surface area contributed by atoms with Crippen molar-refractivity contribution in [3.05, 3.63) is 59.0 Å². The molecule has 1 saturated heterocycles. The number of urea groups is 1. The van der Waals surface area contributed by atoms with E-state index in [2.05, 4.69) is 38.2 Å². The molecule has 1 fully saturated rings. The lowest BCUT2D eigenvalue weighted by atomic mass is 9.86. The summed E-state index contributed by atoms with van der Waals surface area (Å²) in [5, 5.41) is 0. The molecule has 3 aliphatic rings. The van der Waals surface area contributed by atoms with E-state index >= 15 is 0 Å². The quantitative estimate of drug-likeness (QED) is 0.483. The molecular formula is C31H44N4O4. The Morgan fingerprint density at radius 1 is 1.15 bits per heavy atom. The van der Waals surface area contributed by atoms with E-state index in [0.717, 1.165) is 40.4 Å². The number of rotatable bonds is 8. The minimum Gasteiger partial charge on any atom is -0.497 e. The summed E-state index contributed by atoms with van der Waals surface area (Å²) >= 11 is 0. The van der Waals surface area contributed by atoms with Crippen molar-refractivity contribution in [3.63, 3.8) is 0 Å². The Morgan fingerprint density at radius 2 is 1.90 bits per heavy atom. The van der Waals surface area contributed by atoms with Crippen LogP contribution < -0.4 is 9.47 Å². The molecule has 2 unspecified atom stereocenters. The number of carbonyl (C=O) groups is 2. The number of benzene rings is 1. The smallest absolute Gasteiger partial charge is 0.325 e. The van der Waals surface area contributed by atoms with Gasteiger partial charge in [0.25, 0.3) is 0 Å². The first-order valence-electron chi connectivity index (χ1n) is 13.9. The maximum Gasteiger partial charge on any atom is 0.325 e. The van der Waals surface area contributed by atoms with Gasteiger partial charge in [-0.15, -0.1) is 0 Å². The molecule has 0 radical (unpaired) electrons. The standard InChI is InChI=1S/C31H44N4O4/c1-9-35-30(37)34-20-23-18-25(38-7)19-27(39-8)26(23)15-21(2)16-28(34)31(35,3)13-14-33(6)29(36)22-11-10-12-24(17-22)32(4)5/h10,12,16-19,21-22H,9,11,13-15,20H2,1-8H3/b28-16-/t21-,22?,31?/m1/s1. The zero-order chi connectivity index (χ0) is 28.5. The van der Waals surface area contributed by atoms with Crippen molar-refractivity contribution in [2.75, 3.05) is 48.5 Å². The van der Waals surface area contributed by atoms with Crippen LogP contribution >= 0.6 is 0 Å². The predicted molar refractivity (Wildman–Crippen MR) is 153 cm³/mol. The van der Waals surface area contributed by atoms with Crippen LogP contribution in [0, 0.1) is 11.8 Å². The minimum atomic E-state index is -0.522. The minimum absolute atomic E-state index is 0.00181. The first kappa shape index (κ1) is 28.6. The van der Waals surface area contributed by atoms with Crippen LogP contribution in [0.2, 0.25) is 0 Å². The van der Waals surface area contributed by atoms with E-state index < -0.39 is 5.54 Å². The molecule has 1 aromatic rings. The van der Waals surface area contributed by atoms with Crippen molar-refractivity contribution in [2.24, 2.45) is 11.8 Å². The first-order valence-corrected chi connectivity index (χ1v) is 13.9. The number of amides is 3. The molecule has 3 atom stereocenters. The van der Waals surface area contributed by atoms with Gasteiger partial charge in [-0.25, -0.2) is 4.79 Å². The van der Waals surface area contributed by atoms with Gasteiger partial charge >= 0.3 is 6.03 Å². The van der Waals surface area contributed by atoms with Crippen molar-refractivity contribution in [1.82, 2.24) is 19.6 Å². The number of hydrogen-bond acceptors (Lipinski definition) is 5. The Labute approximate surface area is 233 Å². The van der Waals surface area contributed by atoms with Crippen molar-refractivity contribution < 1.29 is 19.1 Å². The van der Waals surface area contributed by atoms with Crippen molar-refractivity contribution in [3.8, 4) is 11.5 Å². The molecular weight excluding hydrogens is 492 g/mol. The maximum atomic E-state index is 13.9. The third-order valence-corrected chi connectivity index (χ3v) is 8.44. The van der Waals surface area contributed by atoms with Crippen LogP contribution in [0.3, 0.4) is 0 Å². The number of ether oxygens (including phenoxy) is 2. The van der Waals surface area contributed by atoms with Gasteiger partial charge in [-0.2, -0.15) is 0 Å². The van der Waals surface area contributed by atoms with E-state index in [1.165, 1.54) is 0 Å². The van der Waals surface area contributed by atoms with Gasteiger partial charge in [0.1, 0.15) is 11.5 Å². The van der Waals surface area contributed by atoms with Crippen molar-refractivity contribution >= 4 is 11.9 Å². The average molecular weight is 537 g/mol. The summed E-state index contributed by atoms with van der Waals surface area (Å²) < 4.78 is 11.3. The zero-order valence-corrected chi connectivity index (χ0v) is 24.8. The largest absolute Gasteiger partial charge is 0.497 e. The fourth-order valence-electron chi connectivity index (χ4n) is 6.14. The van der Waals surface area contributed by atoms with E-state index in [1.807, 2.05) is 59.8 Å². The first-order chi connectivity index (χ1) is 18.5. The van der Waals surface area contributed by atoms with Crippen molar-refractivity contribution in [1.29, 1.82) is 0 Å². The highest BCUT2D eigenvalue weighted by atomic mass is 16.5. The van der Waals surface area contributed by atoms with Crippen LogP contribution in [0.15, 0.2) is 47.8 Å². The molecule has 3 amide bonds. The molecule has 1 aromatic carbocycles. The van der Waals surface area contributed by atoms with Crippen LogP contribution in [0.5, 0.6) is 11.5 Å². The van der Waals surface area contributed by atoms with Crippen LogP contribution in [-0.4, -0.2) is 85.5 Å². The molecule has 2 heterocycles. The van der Waals surface area contributed by atoms with Crippen LogP contribution in [-0.2, 0) is 17.8 Å². The zero-order valence-electron chi connectivity index (χ0n) is 24.8. The van der Waals surface area contributed by atoms with Gasteiger partial charge < -0.3 is 24.2 Å². The number of methoxy groups -OCH3 is 2. The fraction of sp³-hybridized carbons (Fsp3) is 0.548. The van der Waals surface area contributed by atoms with Gasteiger partial charge in [0, 0.05) is 51.7 Å². The van der Waals surface area contributed by atoms with Crippen molar-refractivity contribution in [2.45, 2.75) is 52.1 Å². The van der Waals surface area contributed by atoms with E-state index in [0.29, 0.717) is 32.5 Å². The Balaban J connectivity index is 1.61. The Kier molecular flexibility index (Phi) is 8.33. The molecule has 212 valence electrons. The van der Waals surface area contributed by atoms with E-state index in [-0.39, 0.29) is 23.8 Å². The number of hydrogen-bond donors (Lipinski definition) is 0. The van der Waals surface area contributed by atoms with E-state index in [1.54, 1.807) is 14.2 Å². The van der Waals surface area contributed by atoms with Gasteiger partial charge in [-0.3, -0.25) is 9.69 Å². The molecule has 1 aliphatic carbocycles. The molecule has 0 spiro atoms. The second-order valence-electron chi connectivity index (χ2n) is 11.3. The molecule has 0 aromatic heterocycles. The molecule has 0 saturated carbocycles. The second-order valence-corrected chi connectivity index (χ2v) is 11.3. The lowest BCUT2D eigenvalue weighted by Gasteiger charge is -2.36. The monoisotopic (exact) mass is 536 g/mol. The highest BCUT2D eigenvalue weighted by Crippen LogP contribution is 2.43. The highest BCUT2D eigenvalue weighted by molar-refractivity contribution is 5.83. The number of fused-ring (bicyclic) bond motifs is 2. The number of nitrogens with zero attached hydrogens (tertiary/aromatic N) is 4. The van der Waals surface area contributed by atoms with Crippen LogP contribution in [0.1, 0.15) is 44.7 Å². The topological polar surface area (TPSA) is 65.6 Å². The highest BCUT2D eigenvalue weighted by Gasteiger charge is 2.50. The normalized spacial score (nSPS) is 25.6. The number of likely N-dealkylation sites (N-methyl/N-ethyl adjacent to an activating group) is 2. The third-order valence-electron chi connectivity index (χ3n) is 8.44. The Hall–Kier alpha value is -3.42. The summed E-state index contributed by atoms with van der Waals surface area (Å²) in [6, 6.07) is 3.93. The average Bonchev–Trinajstić information content (AvgIpc) is 3.10.